The van der Waals surface area contributed by atoms with E-state index < -0.39 is 42.9 Å². The van der Waals surface area contributed by atoms with E-state index in [1.54, 1.807) is 6.07 Å². The maximum absolute atomic E-state index is 13.7. The van der Waals surface area contributed by atoms with Crippen LogP contribution in [0.15, 0.2) is 53.3 Å². The second-order valence-electron chi connectivity index (χ2n) is 7.70. The van der Waals surface area contributed by atoms with Crippen LogP contribution in [0.3, 0.4) is 0 Å². The lowest BCUT2D eigenvalue weighted by atomic mass is 10.1. The lowest BCUT2D eigenvalue weighted by molar-refractivity contribution is -0.207. The predicted molar refractivity (Wildman–Crippen MR) is 126 cm³/mol. The third kappa shape index (κ3) is 5.84. The molecule has 2 aromatic carbocycles. The topological polar surface area (TPSA) is 72.9 Å². The molecule has 2 aromatic heterocycles. The van der Waals surface area contributed by atoms with Crippen LogP contribution >= 0.6 is 34.5 Å². The van der Waals surface area contributed by atoms with Crippen LogP contribution < -0.4 is 5.69 Å². The minimum Gasteiger partial charge on any atom is -0.382 e. The van der Waals surface area contributed by atoms with Gasteiger partial charge in [-0.2, -0.15) is 26.3 Å². The molecule has 0 saturated heterocycles. The van der Waals surface area contributed by atoms with Gasteiger partial charge in [-0.15, -0.1) is 16.4 Å². The van der Waals surface area contributed by atoms with Gasteiger partial charge in [0.1, 0.15) is 5.01 Å². The normalized spacial score (nSPS) is 13.2. The van der Waals surface area contributed by atoms with Crippen molar-refractivity contribution in [3.05, 3.63) is 79.8 Å². The number of aliphatic hydroxyl groups is 1. The van der Waals surface area contributed by atoms with E-state index in [0.29, 0.717) is 25.6 Å². The van der Waals surface area contributed by atoms with Crippen molar-refractivity contribution in [3.63, 3.8) is 0 Å². The number of aromatic nitrogens is 4. The van der Waals surface area contributed by atoms with Crippen LogP contribution in [0, 0.1) is 0 Å². The van der Waals surface area contributed by atoms with Gasteiger partial charge in [-0.1, -0.05) is 41.4 Å². The Morgan fingerprint density at radius 1 is 1.00 bits per heavy atom. The van der Waals surface area contributed by atoms with Crippen molar-refractivity contribution in [3.8, 4) is 21.8 Å². The van der Waals surface area contributed by atoms with Crippen LogP contribution in [-0.4, -0.2) is 36.7 Å². The maximum Gasteiger partial charge on any atom is 0.434 e. The second kappa shape index (κ2) is 10.1. The van der Waals surface area contributed by atoms with Crippen molar-refractivity contribution in [1.29, 1.82) is 0 Å². The number of nitrogens with zero attached hydrogens (tertiary/aromatic N) is 4. The Balaban J connectivity index is 1.80. The summed E-state index contributed by atoms with van der Waals surface area (Å²) in [6.45, 7) is -1.76. The largest absolute Gasteiger partial charge is 0.434 e. The number of hydrogen-bond acceptors (Lipinski definition) is 5. The molecule has 4 aromatic rings. The lowest BCUT2D eigenvalue weighted by Crippen LogP contribution is -2.37. The Labute approximate surface area is 218 Å². The van der Waals surface area contributed by atoms with Gasteiger partial charge in [-0.05, 0) is 30.3 Å². The van der Waals surface area contributed by atoms with Crippen LogP contribution in [0.5, 0.6) is 0 Å². The number of rotatable bonds is 6. The highest BCUT2D eigenvalue weighted by Crippen LogP contribution is 2.42. The van der Waals surface area contributed by atoms with Crippen LogP contribution in [0.2, 0.25) is 10.0 Å². The number of alkyl halides is 6. The summed E-state index contributed by atoms with van der Waals surface area (Å²) in [7, 11) is 0. The molecule has 0 bridgehead atoms. The van der Waals surface area contributed by atoms with Crippen molar-refractivity contribution in [2.24, 2.45) is 0 Å². The standard InChI is InChI=1S/C22H14Cl2F6N4O2S/c23-12-7-5-11(6-8-12)19-32-34(20(36)33(19)9-15(35)21(25,26)27)10-16-31-18(22(28,29)30)17(37-16)13-3-1-2-4-14(13)24/h1-8,15,35H,9-10H2. The van der Waals surface area contributed by atoms with Gasteiger partial charge >= 0.3 is 18.0 Å². The SMILES string of the molecule is O=c1n(Cc2nc(C(F)(F)F)c(-c3ccccc3Cl)s2)nc(-c2ccc(Cl)cc2)n1CC(O)C(F)(F)F. The average molecular weight is 583 g/mol. The minimum atomic E-state index is -5.03. The van der Waals surface area contributed by atoms with Crippen molar-refractivity contribution in [2.45, 2.75) is 31.5 Å². The molecule has 6 nitrogen and oxygen atoms in total. The Kier molecular flexibility index (Phi) is 7.43. The molecule has 2 heterocycles. The molecular weight excluding hydrogens is 569 g/mol. The first-order valence-corrected chi connectivity index (χ1v) is 11.8. The summed E-state index contributed by atoms with van der Waals surface area (Å²) in [5, 5.41) is 13.8. The number of halogens is 8. The number of aliphatic hydroxyl groups excluding tert-OH is 1. The van der Waals surface area contributed by atoms with Gasteiger partial charge in [-0.25, -0.2) is 14.5 Å². The predicted octanol–water partition coefficient (Wildman–Crippen LogP) is 6.13. The minimum absolute atomic E-state index is 0.0517. The molecule has 0 spiro atoms. The highest BCUT2D eigenvalue weighted by atomic mass is 35.5. The molecule has 1 N–H and O–H groups in total. The van der Waals surface area contributed by atoms with Gasteiger partial charge in [-0.3, -0.25) is 4.57 Å². The Bertz CT molecular complexity index is 1480. The highest BCUT2D eigenvalue weighted by Gasteiger charge is 2.40. The molecule has 1 unspecified atom stereocenters. The molecular formula is C22H14Cl2F6N4O2S. The number of hydrogen-bond donors (Lipinski definition) is 1. The molecule has 0 saturated carbocycles. The number of thiazole rings is 1. The van der Waals surface area contributed by atoms with Crippen LogP contribution in [0.1, 0.15) is 10.7 Å². The van der Waals surface area contributed by atoms with Gasteiger partial charge in [0.25, 0.3) is 0 Å². The van der Waals surface area contributed by atoms with Gasteiger partial charge in [0, 0.05) is 21.2 Å². The van der Waals surface area contributed by atoms with Gasteiger partial charge < -0.3 is 5.11 Å². The quantitative estimate of drug-likeness (QED) is 0.277. The van der Waals surface area contributed by atoms with Crippen molar-refractivity contribution in [2.75, 3.05) is 0 Å². The third-order valence-corrected chi connectivity index (χ3v) is 6.76. The van der Waals surface area contributed by atoms with E-state index in [-0.39, 0.29) is 31.9 Å². The van der Waals surface area contributed by atoms with Gasteiger partial charge in [0.05, 0.1) is 18.0 Å². The van der Waals surface area contributed by atoms with Gasteiger partial charge in [0.15, 0.2) is 17.6 Å². The fraction of sp³-hybridized carbons (Fsp3) is 0.227. The molecule has 0 aliphatic rings. The molecule has 4 rings (SSSR count). The second-order valence-corrected chi connectivity index (χ2v) is 9.63. The molecule has 0 aliphatic heterocycles. The smallest absolute Gasteiger partial charge is 0.382 e. The maximum atomic E-state index is 13.7. The zero-order valence-corrected chi connectivity index (χ0v) is 20.5. The Hall–Kier alpha value is -2.87. The van der Waals surface area contributed by atoms with Gasteiger partial charge in [0.2, 0.25) is 0 Å². The summed E-state index contributed by atoms with van der Waals surface area (Å²) >= 11 is 12.5. The summed E-state index contributed by atoms with van der Waals surface area (Å²) in [5.74, 6) is -0.246. The zero-order valence-electron chi connectivity index (χ0n) is 18.2. The van der Waals surface area contributed by atoms with Crippen molar-refractivity contribution < 1.29 is 31.4 Å². The Morgan fingerprint density at radius 3 is 2.24 bits per heavy atom. The van der Waals surface area contributed by atoms with Crippen LogP contribution in [-0.2, 0) is 19.3 Å². The molecule has 15 heteroatoms. The molecule has 196 valence electrons. The molecule has 0 amide bonds. The van der Waals surface area contributed by atoms with Crippen molar-refractivity contribution >= 4 is 34.5 Å². The summed E-state index contributed by atoms with van der Waals surface area (Å²) < 4.78 is 81.6. The molecule has 37 heavy (non-hydrogen) atoms. The monoisotopic (exact) mass is 582 g/mol. The highest BCUT2D eigenvalue weighted by molar-refractivity contribution is 7.15. The zero-order chi connectivity index (χ0) is 27.1. The number of benzene rings is 2. The molecule has 0 aliphatic carbocycles. The van der Waals surface area contributed by atoms with Crippen LogP contribution in [0.25, 0.3) is 21.8 Å². The fourth-order valence-electron chi connectivity index (χ4n) is 3.38. The molecule has 0 radical (unpaired) electrons. The van der Waals surface area contributed by atoms with E-state index in [9.17, 15) is 36.2 Å². The fourth-order valence-corrected chi connectivity index (χ4v) is 4.90. The molecule has 1 atom stereocenters. The summed E-state index contributed by atoms with van der Waals surface area (Å²) in [6.07, 6.45) is -12.8. The van der Waals surface area contributed by atoms with E-state index >= 15 is 0 Å². The summed E-state index contributed by atoms with van der Waals surface area (Å²) in [4.78, 5) is 16.4. The first-order chi connectivity index (χ1) is 17.3. The molecule has 0 fully saturated rings. The van der Waals surface area contributed by atoms with E-state index in [1.165, 1.54) is 42.5 Å². The first kappa shape index (κ1) is 27.2. The lowest BCUT2D eigenvalue weighted by Gasteiger charge is -2.15. The van der Waals surface area contributed by atoms with E-state index in [2.05, 4.69) is 10.1 Å². The Morgan fingerprint density at radius 2 is 1.65 bits per heavy atom. The third-order valence-electron chi connectivity index (χ3n) is 5.10. The first-order valence-electron chi connectivity index (χ1n) is 10.3. The average Bonchev–Trinajstić information content (AvgIpc) is 3.36. The summed E-state index contributed by atoms with van der Waals surface area (Å²) in [6, 6.07) is 11.4. The van der Waals surface area contributed by atoms with Crippen molar-refractivity contribution in [1.82, 2.24) is 19.3 Å². The van der Waals surface area contributed by atoms with Crippen LogP contribution in [0.4, 0.5) is 26.3 Å². The van der Waals surface area contributed by atoms with E-state index in [1.807, 2.05) is 0 Å². The van der Waals surface area contributed by atoms with E-state index in [4.69, 9.17) is 23.2 Å². The summed E-state index contributed by atoms with van der Waals surface area (Å²) in [5.41, 5.74) is -2.04. The van der Waals surface area contributed by atoms with E-state index in [0.717, 1.165) is 0 Å².